The highest BCUT2D eigenvalue weighted by atomic mass is 16.3. The Labute approximate surface area is 163 Å². The zero-order chi connectivity index (χ0) is 20.2. The van der Waals surface area contributed by atoms with Crippen LogP contribution in [0.5, 0.6) is 0 Å². The minimum atomic E-state index is 0.0550. The molecule has 1 heterocycles. The number of rotatable bonds is 9. The van der Waals surface area contributed by atoms with Crippen molar-refractivity contribution in [3.05, 3.63) is 24.5 Å². The molecule has 152 valence electrons. The Morgan fingerprint density at radius 1 is 1.26 bits per heavy atom. The van der Waals surface area contributed by atoms with Gasteiger partial charge in [0.1, 0.15) is 11.6 Å². The molecule has 1 aliphatic rings. The molecule has 0 aromatic heterocycles. The molecule has 2 N–H and O–H groups in total. The average molecular weight is 378 g/mol. The lowest BCUT2D eigenvalue weighted by Gasteiger charge is -2.35. The molecule has 1 saturated heterocycles. The van der Waals surface area contributed by atoms with Crippen LogP contribution in [-0.4, -0.2) is 84.2 Å². The SMILES string of the molecule is C=C(O)/C=C\CC(C)/N=C\C(=N/CC)N1CCN(CC(=O)NC(C)C)CC1. The van der Waals surface area contributed by atoms with E-state index in [1.54, 1.807) is 6.08 Å². The van der Waals surface area contributed by atoms with E-state index in [1.807, 2.05) is 40.0 Å². The number of allylic oxidation sites excluding steroid dienone is 1. The van der Waals surface area contributed by atoms with Gasteiger partial charge in [0.15, 0.2) is 0 Å². The lowest BCUT2D eigenvalue weighted by Crippen LogP contribution is -2.52. The van der Waals surface area contributed by atoms with Crippen molar-refractivity contribution < 1.29 is 9.90 Å². The molecule has 0 aliphatic carbocycles. The molecule has 0 saturated carbocycles. The Balaban J connectivity index is 2.53. The molecule has 1 fully saturated rings. The molecule has 0 aromatic rings. The van der Waals surface area contributed by atoms with Crippen LogP contribution in [0.2, 0.25) is 0 Å². The van der Waals surface area contributed by atoms with Crippen LogP contribution in [-0.2, 0) is 4.79 Å². The molecule has 1 aliphatic heterocycles. The maximum Gasteiger partial charge on any atom is 0.234 e. The van der Waals surface area contributed by atoms with Crippen LogP contribution in [0.1, 0.15) is 34.1 Å². The smallest absolute Gasteiger partial charge is 0.234 e. The molecular weight excluding hydrogens is 342 g/mol. The Kier molecular flexibility index (Phi) is 10.4. The second kappa shape index (κ2) is 12.3. The Morgan fingerprint density at radius 2 is 1.93 bits per heavy atom. The summed E-state index contributed by atoms with van der Waals surface area (Å²) in [5.41, 5.74) is 0. The standard InChI is InChI=1S/C20H35N5O2/c1-6-21-19(14-22-17(4)8-7-9-18(5)26)25-12-10-24(11-13-25)15-20(27)23-16(2)3/h7,9,14,16-17,26H,5-6,8,10-13,15H2,1-4H3,(H,23,27)/b9-7-,21-19+,22-14-. The van der Waals surface area contributed by atoms with Gasteiger partial charge in [0, 0.05) is 38.8 Å². The second-order valence-corrected chi connectivity index (χ2v) is 7.07. The summed E-state index contributed by atoms with van der Waals surface area (Å²) in [7, 11) is 0. The van der Waals surface area contributed by atoms with E-state index in [9.17, 15) is 4.79 Å². The van der Waals surface area contributed by atoms with E-state index in [0.29, 0.717) is 13.1 Å². The van der Waals surface area contributed by atoms with Crippen LogP contribution < -0.4 is 5.32 Å². The van der Waals surface area contributed by atoms with Crippen LogP contribution in [0.3, 0.4) is 0 Å². The van der Waals surface area contributed by atoms with Gasteiger partial charge in [0.25, 0.3) is 0 Å². The van der Waals surface area contributed by atoms with Crippen molar-refractivity contribution in [1.29, 1.82) is 0 Å². The third-order valence-electron chi connectivity index (χ3n) is 4.07. The van der Waals surface area contributed by atoms with Crippen LogP contribution >= 0.6 is 0 Å². The number of aliphatic hydroxyl groups is 1. The Morgan fingerprint density at radius 3 is 2.48 bits per heavy atom. The summed E-state index contributed by atoms with van der Waals surface area (Å²) in [6.45, 7) is 15.9. The van der Waals surface area contributed by atoms with Gasteiger partial charge in [-0.2, -0.15) is 0 Å². The first-order valence-electron chi connectivity index (χ1n) is 9.70. The summed E-state index contributed by atoms with van der Waals surface area (Å²) in [4.78, 5) is 25.5. The molecule has 27 heavy (non-hydrogen) atoms. The van der Waals surface area contributed by atoms with Crippen LogP contribution in [0.15, 0.2) is 34.5 Å². The third kappa shape index (κ3) is 9.94. The molecule has 0 bridgehead atoms. The van der Waals surface area contributed by atoms with E-state index in [2.05, 4.69) is 31.7 Å². The Hall–Kier alpha value is -2.15. The molecule has 1 atom stereocenters. The molecule has 0 aromatic carbocycles. The Bertz CT molecular complexity index is 561. The fourth-order valence-electron chi connectivity index (χ4n) is 2.75. The van der Waals surface area contributed by atoms with Crippen molar-refractivity contribution in [2.75, 3.05) is 39.3 Å². The number of piperazine rings is 1. The number of nitrogens with one attached hydrogen (secondary N) is 1. The van der Waals surface area contributed by atoms with Gasteiger partial charge in [-0.1, -0.05) is 12.7 Å². The highest BCUT2D eigenvalue weighted by Gasteiger charge is 2.20. The number of nitrogens with zero attached hydrogens (tertiary/aromatic N) is 4. The van der Waals surface area contributed by atoms with Crippen molar-refractivity contribution in [1.82, 2.24) is 15.1 Å². The lowest BCUT2D eigenvalue weighted by atomic mass is 10.2. The molecule has 1 rings (SSSR count). The normalized spacial score (nSPS) is 17.8. The zero-order valence-corrected chi connectivity index (χ0v) is 17.2. The van der Waals surface area contributed by atoms with Crippen LogP contribution in [0, 0.1) is 0 Å². The highest BCUT2D eigenvalue weighted by Crippen LogP contribution is 2.04. The summed E-state index contributed by atoms with van der Waals surface area (Å²) < 4.78 is 0. The van der Waals surface area contributed by atoms with E-state index in [0.717, 1.165) is 38.4 Å². The fraction of sp³-hybridized carbons (Fsp3) is 0.650. The topological polar surface area (TPSA) is 80.5 Å². The number of aliphatic hydroxyl groups excluding tert-OH is 1. The minimum absolute atomic E-state index is 0.0550. The summed E-state index contributed by atoms with van der Waals surface area (Å²) in [5.74, 6) is 1.03. The summed E-state index contributed by atoms with van der Waals surface area (Å²) in [6, 6.07) is 0.272. The van der Waals surface area contributed by atoms with Gasteiger partial charge in [0.05, 0.1) is 18.8 Å². The van der Waals surface area contributed by atoms with Crippen LogP contribution in [0.4, 0.5) is 0 Å². The number of carbonyl (C=O) groups is 1. The van der Waals surface area contributed by atoms with Crippen LogP contribution in [0.25, 0.3) is 0 Å². The van der Waals surface area contributed by atoms with Gasteiger partial charge in [-0.05, 0) is 40.2 Å². The van der Waals surface area contributed by atoms with Gasteiger partial charge in [-0.3, -0.25) is 19.7 Å². The number of carbonyl (C=O) groups excluding carboxylic acids is 1. The molecule has 0 spiro atoms. The van der Waals surface area contributed by atoms with E-state index in [-0.39, 0.29) is 23.8 Å². The van der Waals surface area contributed by atoms with E-state index in [1.165, 1.54) is 0 Å². The van der Waals surface area contributed by atoms with E-state index < -0.39 is 0 Å². The average Bonchev–Trinajstić information content (AvgIpc) is 2.58. The molecule has 1 unspecified atom stereocenters. The van der Waals surface area contributed by atoms with Gasteiger partial charge in [-0.25, -0.2) is 0 Å². The van der Waals surface area contributed by atoms with Gasteiger partial charge in [-0.15, -0.1) is 0 Å². The van der Waals surface area contributed by atoms with E-state index in [4.69, 9.17) is 5.11 Å². The zero-order valence-electron chi connectivity index (χ0n) is 17.2. The van der Waals surface area contributed by atoms with Crippen molar-refractivity contribution in [3.8, 4) is 0 Å². The maximum absolute atomic E-state index is 11.9. The first kappa shape index (κ1) is 22.9. The van der Waals surface area contributed by atoms with Crippen molar-refractivity contribution in [3.63, 3.8) is 0 Å². The second-order valence-electron chi connectivity index (χ2n) is 7.07. The van der Waals surface area contributed by atoms with Crippen molar-refractivity contribution in [2.45, 2.75) is 46.2 Å². The molecule has 7 nitrogen and oxygen atoms in total. The number of hydrogen-bond donors (Lipinski definition) is 2. The van der Waals surface area contributed by atoms with Crippen molar-refractivity contribution in [2.24, 2.45) is 9.98 Å². The minimum Gasteiger partial charge on any atom is -0.509 e. The summed E-state index contributed by atoms with van der Waals surface area (Å²) in [5, 5.41) is 12.0. The fourth-order valence-corrected chi connectivity index (χ4v) is 2.75. The number of hydrogen-bond acceptors (Lipinski definition) is 5. The molecular formula is C20H35N5O2. The van der Waals surface area contributed by atoms with Gasteiger partial charge >= 0.3 is 0 Å². The number of amides is 1. The maximum atomic E-state index is 11.9. The predicted molar refractivity (Wildman–Crippen MR) is 113 cm³/mol. The van der Waals surface area contributed by atoms with Gasteiger partial charge in [0.2, 0.25) is 5.91 Å². The number of aliphatic imine (C=N–C) groups is 2. The largest absolute Gasteiger partial charge is 0.509 e. The van der Waals surface area contributed by atoms with Crippen molar-refractivity contribution >= 4 is 18.0 Å². The monoisotopic (exact) mass is 377 g/mol. The lowest BCUT2D eigenvalue weighted by molar-refractivity contribution is -0.123. The predicted octanol–water partition coefficient (Wildman–Crippen LogP) is 2.02. The highest BCUT2D eigenvalue weighted by molar-refractivity contribution is 6.29. The first-order chi connectivity index (χ1) is 12.8. The summed E-state index contributed by atoms with van der Waals surface area (Å²) in [6.07, 6.45) is 6.02. The van der Waals surface area contributed by atoms with Gasteiger partial charge < -0.3 is 15.3 Å². The first-order valence-corrected chi connectivity index (χ1v) is 9.70. The summed E-state index contributed by atoms with van der Waals surface area (Å²) >= 11 is 0. The molecule has 1 amide bonds. The van der Waals surface area contributed by atoms with E-state index >= 15 is 0 Å². The molecule has 0 radical (unpaired) electrons. The molecule has 7 heteroatoms. The quantitative estimate of drug-likeness (QED) is 0.279. The number of amidine groups is 1. The third-order valence-corrected chi connectivity index (χ3v) is 4.07.